The van der Waals surface area contributed by atoms with Gasteiger partial charge < -0.3 is 16.0 Å². The second kappa shape index (κ2) is 9.71. The summed E-state index contributed by atoms with van der Waals surface area (Å²) < 4.78 is 0. The van der Waals surface area contributed by atoms with E-state index < -0.39 is 0 Å². The van der Waals surface area contributed by atoms with Crippen LogP contribution in [0.3, 0.4) is 0 Å². The van der Waals surface area contributed by atoms with Crippen LogP contribution in [-0.2, 0) is 4.79 Å². The highest BCUT2D eigenvalue weighted by atomic mass is 16.1. The van der Waals surface area contributed by atoms with Gasteiger partial charge in [0, 0.05) is 45.5 Å². The third kappa shape index (κ3) is 5.69. The molecule has 0 aromatic heterocycles. The number of nitrogens with one attached hydrogen (secondary N) is 3. The minimum absolute atomic E-state index is 0.0955. The number of hydrogen-bond donors (Lipinski definition) is 3. The normalized spacial score (nSPS) is 16.9. The van der Waals surface area contributed by atoms with Gasteiger partial charge in [-0.3, -0.25) is 9.69 Å². The van der Waals surface area contributed by atoms with Crippen LogP contribution in [0, 0.1) is 11.3 Å². The van der Waals surface area contributed by atoms with Crippen LogP contribution in [0.2, 0.25) is 0 Å². The molecule has 6 heteroatoms. The SMILES string of the molecule is CC(NC(=O)/C(C#N)=C\NCCN1CCNCC1)c1ccccc1. The molecule has 128 valence electrons. The van der Waals surface area contributed by atoms with E-state index in [9.17, 15) is 10.1 Å². The fourth-order valence-electron chi connectivity index (χ4n) is 2.58. The van der Waals surface area contributed by atoms with Crippen LogP contribution in [0.1, 0.15) is 18.5 Å². The number of amides is 1. The van der Waals surface area contributed by atoms with Crippen molar-refractivity contribution in [2.24, 2.45) is 0 Å². The molecule has 3 N–H and O–H groups in total. The third-order valence-electron chi connectivity index (χ3n) is 4.04. The first kappa shape index (κ1) is 18.0. The third-order valence-corrected chi connectivity index (χ3v) is 4.04. The Morgan fingerprint density at radius 1 is 1.38 bits per heavy atom. The maximum atomic E-state index is 12.2. The zero-order valence-corrected chi connectivity index (χ0v) is 14.1. The van der Waals surface area contributed by atoms with Gasteiger partial charge in [0.2, 0.25) is 0 Å². The van der Waals surface area contributed by atoms with Crippen LogP contribution in [0.5, 0.6) is 0 Å². The second-order valence-corrected chi connectivity index (χ2v) is 5.82. The summed E-state index contributed by atoms with van der Waals surface area (Å²) in [4.78, 5) is 14.5. The van der Waals surface area contributed by atoms with Gasteiger partial charge in [-0.05, 0) is 12.5 Å². The first-order valence-corrected chi connectivity index (χ1v) is 8.33. The number of piperazine rings is 1. The summed E-state index contributed by atoms with van der Waals surface area (Å²) in [6.45, 7) is 7.61. The number of carbonyl (C=O) groups is 1. The molecule has 1 amide bonds. The van der Waals surface area contributed by atoms with Gasteiger partial charge >= 0.3 is 0 Å². The molecule has 24 heavy (non-hydrogen) atoms. The summed E-state index contributed by atoms with van der Waals surface area (Å²) in [6.07, 6.45) is 1.51. The molecule has 1 aliphatic heterocycles. The quantitative estimate of drug-likeness (QED) is 0.391. The lowest BCUT2D eigenvalue weighted by Crippen LogP contribution is -2.45. The lowest BCUT2D eigenvalue weighted by atomic mass is 10.1. The smallest absolute Gasteiger partial charge is 0.263 e. The molecule has 1 unspecified atom stereocenters. The minimum atomic E-state index is -0.358. The molecule has 1 saturated heterocycles. The van der Waals surface area contributed by atoms with Gasteiger partial charge in [-0.2, -0.15) is 5.26 Å². The van der Waals surface area contributed by atoms with Crippen molar-refractivity contribution in [1.29, 1.82) is 5.26 Å². The van der Waals surface area contributed by atoms with Crippen LogP contribution in [-0.4, -0.2) is 50.1 Å². The Morgan fingerprint density at radius 3 is 2.75 bits per heavy atom. The molecule has 0 bridgehead atoms. The molecule has 1 aliphatic rings. The van der Waals surface area contributed by atoms with Crippen LogP contribution in [0.15, 0.2) is 42.1 Å². The van der Waals surface area contributed by atoms with Crippen LogP contribution in [0.25, 0.3) is 0 Å². The largest absolute Gasteiger partial charge is 0.388 e. The van der Waals surface area contributed by atoms with Crippen molar-refractivity contribution in [2.45, 2.75) is 13.0 Å². The van der Waals surface area contributed by atoms with E-state index in [1.54, 1.807) is 0 Å². The van der Waals surface area contributed by atoms with Crippen molar-refractivity contribution >= 4 is 5.91 Å². The van der Waals surface area contributed by atoms with Gasteiger partial charge in [-0.25, -0.2) is 0 Å². The Labute approximate surface area is 143 Å². The van der Waals surface area contributed by atoms with E-state index in [-0.39, 0.29) is 17.5 Å². The minimum Gasteiger partial charge on any atom is -0.388 e. The van der Waals surface area contributed by atoms with E-state index >= 15 is 0 Å². The predicted octanol–water partition coefficient (Wildman–Crippen LogP) is 0.766. The van der Waals surface area contributed by atoms with Gasteiger partial charge in [0.05, 0.1) is 6.04 Å². The van der Waals surface area contributed by atoms with Gasteiger partial charge in [0.15, 0.2) is 0 Å². The summed E-state index contributed by atoms with van der Waals surface area (Å²) in [5, 5.41) is 18.4. The van der Waals surface area contributed by atoms with E-state index in [1.807, 2.05) is 43.3 Å². The van der Waals surface area contributed by atoms with E-state index in [0.29, 0.717) is 6.54 Å². The molecular weight excluding hydrogens is 302 g/mol. The van der Waals surface area contributed by atoms with Crippen LogP contribution >= 0.6 is 0 Å². The fraction of sp³-hybridized carbons (Fsp3) is 0.444. The summed E-state index contributed by atoms with van der Waals surface area (Å²) in [5.41, 5.74) is 1.10. The summed E-state index contributed by atoms with van der Waals surface area (Å²) in [6, 6.07) is 11.5. The molecule has 0 spiro atoms. The first-order chi connectivity index (χ1) is 11.7. The van der Waals surface area contributed by atoms with Gasteiger partial charge in [-0.1, -0.05) is 30.3 Å². The highest BCUT2D eigenvalue weighted by molar-refractivity contribution is 5.97. The maximum Gasteiger partial charge on any atom is 0.263 e. The standard InChI is InChI=1S/C18H25N5O/c1-15(16-5-3-2-4-6-16)22-18(24)17(13-19)14-21-9-12-23-10-7-20-8-11-23/h2-6,14-15,20-21H,7-12H2,1H3,(H,22,24)/b17-14-. The lowest BCUT2D eigenvalue weighted by molar-refractivity contribution is -0.117. The predicted molar refractivity (Wildman–Crippen MR) is 94.0 cm³/mol. The highest BCUT2D eigenvalue weighted by Crippen LogP contribution is 2.11. The summed E-state index contributed by atoms with van der Waals surface area (Å²) in [5.74, 6) is -0.358. The van der Waals surface area contributed by atoms with Gasteiger partial charge in [0.25, 0.3) is 5.91 Å². The average molecular weight is 327 g/mol. The van der Waals surface area contributed by atoms with E-state index in [0.717, 1.165) is 38.3 Å². The van der Waals surface area contributed by atoms with Crippen molar-refractivity contribution in [3.63, 3.8) is 0 Å². The first-order valence-electron chi connectivity index (χ1n) is 8.33. The second-order valence-electron chi connectivity index (χ2n) is 5.82. The Kier molecular flexibility index (Phi) is 7.27. The number of rotatable bonds is 7. The summed E-state index contributed by atoms with van der Waals surface area (Å²) in [7, 11) is 0. The zero-order chi connectivity index (χ0) is 17.2. The topological polar surface area (TPSA) is 80.2 Å². The van der Waals surface area contributed by atoms with E-state index in [4.69, 9.17) is 0 Å². The van der Waals surface area contributed by atoms with Gasteiger partial charge in [-0.15, -0.1) is 0 Å². The molecule has 1 aromatic carbocycles. The summed E-state index contributed by atoms with van der Waals surface area (Å²) >= 11 is 0. The van der Waals surface area contributed by atoms with Crippen LogP contribution in [0.4, 0.5) is 0 Å². The Bertz CT molecular complexity index is 587. The molecule has 1 aromatic rings. The van der Waals surface area contributed by atoms with Crippen molar-refractivity contribution in [1.82, 2.24) is 20.9 Å². The molecule has 1 fully saturated rings. The van der Waals surface area contributed by atoms with Crippen molar-refractivity contribution in [2.75, 3.05) is 39.3 Å². The van der Waals surface area contributed by atoms with Gasteiger partial charge in [0.1, 0.15) is 11.6 Å². The lowest BCUT2D eigenvalue weighted by Gasteiger charge is -2.26. The monoisotopic (exact) mass is 327 g/mol. The number of hydrogen-bond acceptors (Lipinski definition) is 5. The molecule has 1 heterocycles. The molecule has 1 atom stereocenters. The van der Waals surface area contributed by atoms with E-state index in [1.165, 1.54) is 6.20 Å². The molecule has 0 radical (unpaired) electrons. The zero-order valence-electron chi connectivity index (χ0n) is 14.1. The number of benzene rings is 1. The number of carbonyl (C=O) groups excluding carboxylic acids is 1. The van der Waals surface area contributed by atoms with Crippen molar-refractivity contribution < 1.29 is 4.79 Å². The Morgan fingerprint density at radius 2 is 2.08 bits per heavy atom. The molecule has 0 saturated carbocycles. The van der Waals surface area contributed by atoms with Crippen molar-refractivity contribution in [3.05, 3.63) is 47.7 Å². The average Bonchev–Trinajstić information content (AvgIpc) is 2.63. The number of nitriles is 1. The molecule has 6 nitrogen and oxygen atoms in total. The Balaban J connectivity index is 1.78. The van der Waals surface area contributed by atoms with Crippen LogP contribution < -0.4 is 16.0 Å². The highest BCUT2D eigenvalue weighted by Gasteiger charge is 2.13. The van der Waals surface area contributed by atoms with E-state index in [2.05, 4.69) is 20.9 Å². The fourth-order valence-corrected chi connectivity index (χ4v) is 2.58. The molecular formula is C18H25N5O. The Hall–Kier alpha value is -2.36. The molecule has 0 aliphatic carbocycles. The van der Waals surface area contributed by atoms with Crippen molar-refractivity contribution in [3.8, 4) is 6.07 Å². The number of nitrogens with zero attached hydrogens (tertiary/aromatic N) is 2. The molecule has 2 rings (SSSR count). The maximum absolute atomic E-state index is 12.2.